The van der Waals surface area contributed by atoms with Gasteiger partial charge in [-0.2, -0.15) is 0 Å². The molecule has 2 N–H and O–H groups in total. The maximum Gasteiger partial charge on any atom is 0.142 e. The highest BCUT2D eigenvalue weighted by Crippen LogP contribution is 2.21. The van der Waals surface area contributed by atoms with Crippen LogP contribution in [0.1, 0.15) is 13.8 Å². The summed E-state index contributed by atoms with van der Waals surface area (Å²) in [4.78, 5) is 0. The van der Waals surface area contributed by atoms with Crippen LogP contribution < -0.4 is 5.73 Å². The zero-order valence-electron chi connectivity index (χ0n) is 6.87. The van der Waals surface area contributed by atoms with Gasteiger partial charge in [0.2, 0.25) is 0 Å². The smallest absolute Gasteiger partial charge is 0.142 e. The Bertz CT molecular complexity index is 240. The Balaban J connectivity index is 0.000000561. The van der Waals surface area contributed by atoms with Crippen molar-refractivity contribution in [2.75, 3.05) is 5.73 Å². The summed E-state index contributed by atoms with van der Waals surface area (Å²) in [7, 11) is 0. The molecule has 0 fully saturated rings. The number of nitrogen functional groups attached to an aromatic ring is 1. The summed E-state index contributed by atoms with van der Waals surface area (Å²) in [6, 6.07) is 2.10. The topological polar surface area (TPSA) is 26.0 Å². The number of halogens is 3. The van der Waals surface area contributed by atoms with Gasteiger partial charge in [0.05, 0.1) is 4.47 Å². The summed E-state index contributed by atoms with van der Waals surface area (Å²) in [5, 5.41) is 0. The Hall–Kier alpha value is -0.640. The van der Waals surface area contributed by atoms with Crippen molar-refractivity contribution in [1.29, 1.82) is 0 Å². The molecule has 68 valence electrons. The van der Waals surface area contributed by atoms with Gasteiger partial charge in [-0.25, -0.2) is 8.78 Å². The average Bonchev–Trinajstić information content (AvgIpc) is 2.04. The second-order valence-electron chi connectivity index (χ2n) is 1.80. The number of nitrogens with two attached hydrogens (primary N) is 1. The van der Waals surface area contributed by atoms with Gasteiger partial charge in [-0.1, -0.05) is 13.8 Å². The van der Waals surface area contributed by atoms with Gasteiger partial charge in [0.15, 0.2) is 0 Å². The monoisotopic (exact) mass is 237 g/mol. The number of hydrogen-bond donors (Lipinski definition) is 1. The fourth-order valence-corrected chi connectivity index (χ4v) is 0.804. The van der Waals surface area contributed by atoms with Gasteiger partial charge in [0.25, 0.3) is 0 Å². The Kier molecular flexibility index (Phi) is 4.81. The zero-order valence-corrected chi connectivity index (χ0v) is 8.45. The summed E-state index contributed by atoms with van der Waals surface area (Å²) in [6.45, 7) is 4.00. The minimum atomic E-state index is -0.683. The van der Waals surface area contributed by atoms with Crippen LogP contribution in [0.4, 0.5) is 14.5 Å². The molecule has 1 nitrogen and oxygen atoms in total. The number of benzene rings is 1. The van der Waals surface area contributed by atoms with Crippen LogP contribution in [0.15, 0.2) is 16.6 Å². The lowest BCUT2D eigenvalue weighted by Gasteiger charge is -1.97. The standard InChI is InChI=1S/C6H4BrF2N.C2H6/c7-6-4(8)1-3(10)2-5(6)9;1-2/h1-2H,10H2;1-2H3. The second-order valence-corrected chi connectivity index (χ2v) is 2.59. The van der Waals surface area contributed by atoms with Crippen LogP contribution in [0.3, 0.4) is 0 Å². The fourth-order valence-electron chi connectivity index (χ4n) is 0.575. The highest BCUT2D eigenvalue weighted by molar-refractivity contribution is 9.10. The zero-order chi connectivity index (χ0) is 9.72. The molecule has 0 saturated carbocycles. The third-order valence-electron chi connectivity index (χ3n) is 1.01. The van der Waals surface area contributed by atoms with Gasteiger partial charge < -0.3 is 5.73 Å². The molecule has 0 aliphatic rings. The first-order valence-electron chi connectivity index (χ1n) is 3.51. The lowest BCUT2D eigenvalue weighted by molar-refractivity contribution is 0.573. The van der Waals surface area contributed by atoms with E-state index in [4.69, 9.17) is 5.73 Å². The van der Waals surface area contributed by atoms with Crippen LogP contribution in [0.2, 0.25) is 0 Å². The molecule has 0 aliphatic carbocycles. The molecule has 0 unspecified atom stereocenters. The predicted octanol–water partition coefficient (Wildman–Crippen LogP) is 3.34. The number of rotatable bonds is 0. The molecule has 1 aromatic rings. The molecule has 0 radical (unpaired) electrons. The molecule has 12 heavy (non-hydrogen) atoms. The molecule has 1 rings (SSSR count). The highest BCUT2D eigenvalue weighted by Gasteiger charge is 2.05. The summed E-state index contributed by atoms with van der Waals surface area (Å²) in [6.07, 6.45) is 0. The van der Waals surface area contributed by atoms with Crippen molar-refractivity contribution in [1.82, 2.24) is 0 Å². The Morgan fingerprint density at radius 3 is 1.83 bits per heavy atom. The molecule has 0 spiro atoms. The van der Waals surface area contributed by atoms with Crippen molar-refractivity contribution in [3.05, 3.63) is 28.2 Å². The quantitative estimate of drug-likeness (QED) is 0.544. The molecule has 0 bridgehead atoms. The van der Waals surface area contributed by atoms with E-state index in [2.05, 4.69) is 15.9 Å². The van der Waals surface area contributed by atoms with Gasteiger partial charge in [-0.15, -0.1) is 0 Å². The normalized spacial score (nSPS) is 8.75. The van der Waals surface area contributed by atoms with Gasteiger partial charge >= 0.3 is 0 Å². The van der Waals surface area contributed by atoms with E-state index in [0.717, 1.165) is 12.1 Å². The van der Waals surface area contributed by atoms with Crippen molar-refractivity contribution in [2.45, 2.75) is 13.8 Å². The molecule has 1 aromatic carbocycles. The van der Waals surface area contributed by atoms with E-state index in [1.807, 2.05) is 13.8 Å². The van der Waals surface area contributed by atoms with Gasteiger partial charge in [-0.05, 0) is 28.1 Å². The predicted molar refractivity (Wildman–Crippen MR) is 49.8 cm³/mol. The minimum Gasteiger partial charge on any atom is -0.399 e. The minimum absolute atomic E-state index is 0.0817. The first-order chi connectivity index (χ1) is 5.61. The largest absolute Gasteiger partial charge is 0.399 e. The molecule has 4 heteroatoms. The van der Waals surface area contributed by atoms with Crippen LogP contribution >= 0.6 is 15.9 Å². The number of anilines is 1. The molecular formula is C8H10BrF2N. The first kappa shape index (κ1) is 11.4. The fraction of sp³-hybridized carbons (Fsp3) is 0.250. The average molecular weight is 238 g/mol. The van der Waals surface area contributed by atoms with Crippen molar-refractivity contribution >= 4 is 21.6 Å². The van der Waals surface area contributed by atoms with Crippen molar-refractivity contribution < 1.29 is 8.78 Å². The van der Waals surface area contributed by atoms with E-state index in [1.165, 1.54) is 0 Å². The van der Waals surface area contributed by atoms with Crippen LogP contribution in [0, 0.1) is 11.6 Å². The van der Waals surface area contributed by atoms with Crippen molar-refractivity contribution in [3.8, 4) is 0 Å². The summed E-state index contributed by atoms with van der Waals surface area (Å²) in [5.41, 5.74) is 5.21. The van der Waals surface area contributed by atoms with Gasteiger partial charge in [0.1, 0.15) is 11.6 Å². The molecular weight excluding hydrogens is 228 g/mol. The van der Waals surface area contributed by atoms with Crippen LogP contribution in [0.5, 0.6) is 0 Å². The van der Waals surface area contributed by atoms with E-state index in [-0.39, 0.29) is 10.2 Å². The van der Waals surface area contributed by atoms with E-state index in [9.17, 15) is 8.78 Å². The summed E-state index contributed by atoms with van der Waals surface area (Å²) in [5.74, 6) is -1.37. The Morgan fingerprint density at radius 1 is 1.17 bits per heavy atom. The van der Waals surface area contributed by atoms with Crippen LogP contribution in [0.25, 0.3) is 0 Å². The molecule has 0 aromatic heterocycles. The van der Waals surface area contributed by atoms with Gasteiger partial charge in [0, 0.05) is 5.69 Å². The van der Waals surface area contributed by atoms with E-state index in [0.29, 0.717) is 0 Å². The van der Waals surface area contributed by atoms with Crippen molar-refractivity contribution in [3.63, 3.8) is 0 Å². The summed E-state index contributed by atoms with van der Waals surface area (Å²) >= 11 is 2.71. The lowest BCUT2D eigenvalue weighted by Crippen LogP contribution is -1.90. The molecule has 0 amide bonds. The first-order valence-corrected chi connectivity index (χ1v) is 4.30. The van der Waals surface area contributed by atoms with Crippen molar-refractivity contribution in [2.24, 2.45) is 0 Å². The van der Waals surface area contributed by atoms with Crippen LogP contribution in [-0.4, -0.2) is 0 Å². The maximum atomic E-state index is 12.5. The SMILES string of the molecule is CC.Nc1cc(F)c(Br)c(F)c1. The third-order valence-corrected chi connectivity index (χ3v) is 1.76. The Morgan fingerprint density at radius 2 is 1.50 bits per heavy atom. The van der Waals surface area contributed by atoms with E-state index < -0.39 is 11.6 Å². The maximum absolute atomic E-state index is 12.5. The molecule has 0 saturated heterocycles. The van der Waals surface area contributed by atoms with Crippen LogP contribution in [-0.2, 0) is 0 Å². The molecule has 0 aliphatic heterocycles. The van der Waals surface area contributed by atoms with E-state index in [1.54, 1.807) is 0 Å². The second kappa shape index (κ2) is 5.09. The van der Waals surface area contributed by atoms with Gasteiger partial charge in [-0.3, -0.25) is 0 Å². The number of hydrogen-bond acceptors (Lipinski definition) is 1. The summed E-state index contributed by atoms with van der Waals surface area (Å²) < 4.78 is 24.8. The molecule has 0 heterocycles. The molecule has 0 atom stereocenters. The third kappa shape index (κ3) is 2.77. The lowest BCUT2D eigenvalue weighted by atomic mass is 10.3. The van der Waals surface area contributed by atoms with E-state index >= 15 is 0 Å². The Labute approximate surface area is 78.7 Å². The highest BCUT2D eigenvalue weighted by atomic mass is 79.9.